The zero-order valence-electron chi connectivity index (χ0n) is 21.1. The summed E-state index contributed by atoms with van der Waals surface area (Å²) in [5.41, 5.74) is 2.24. The number of rotatable bonds is 6. The van der Waals surface area contributed by atoms with Crippen LogP contribution in [0.1, 0.15) is 36.8 Å². The average Bonchev–Trinajstić information content (AvgIpc) is 3.52. The molecule has 1 atom stereocenters. The van der Waals surface area contributed by atoms with E-state index in [0.29, 0.717) is 28.5 Å². The first-order valence-corrected chi connectivity index (χ1v) is 12.9. The number of aromatic nitrogens is 2. The molecule has 1 aliphatic heterocycles. The molecule has 1 N–H and O–H groups in total. The summed E-state index contributed by atoms with van der Waals surface area (Å²) in [4.78, 5) is 31.2. The SMILES string of the molecule is CC(C)(C)OC(=O)[n+]1c(C(=O)C2=CNC3C=C(OCc4ccc(F)cc4)[CH-]C=C23)c[s+][c-]1-c1cccnc1. The molecule has 2 aliphatic rings. The summed E-state index contributed by atoms with van der Waals surface area (Å²) in [6.07, 6.45) is 9.82. The van der Waals surface area contributed by atoms with Gasteiger partial charge in [-0.15, -0.1) is 22.6 Å². The number of hydrogen-bond donors (Lipinski definition) is 1. The number of fused-ring (bicyclic) bond motifs is 1. The molecule has 1 unspecified atom stereocenters. The van der Waals surface area contributed by atoms with Crippen molar-refractivity contribution < 1.29 is 28.0 Å². The number of allylic oxidation sites excluding steroid dienone is 1. The molecular formula is C29H26FN3O4S. The maximum absolute atomic E-state index is 13.8. The van der Waals surface area contributed by atoms with E-state index in [1.54, 1.807) is 69.4 Å². The van der Waals surface area contributed by atoms with E-state index < -0.39 is 11.7 Å². The van der Waals surface area contributed by atoms with Gasteiger partial charge in [0.2, 0.25) is 28.2 Å². The molecule has 3 aromatic rings. The van der Waals surface area contributed by atoms with E-state index in [1.807, 2.05) is 18.2 Å². The van der Waals surface area contributed by atoms with E-state index in [2.05, 4.69) is 10.3 Å². The average molecular weight is 532 g/mol. The molecule has 5 rings (SSSR count). The minimum atomic E-state index is -0.742. The molecule has 2 aromatic heterocycles. The minimum absolute atomic E-state index is 0.208. The molecule has 3 heterocycles. The number of carbonyl (C=O) groups is 2. The highest BCUT2D eigenvalue weighted by Crippen LogP contribution is 2.31. The lowest BCUT2D eigenvalue weighted by Gasteiger charge is -2.27. The highest BCUT2D eigenvalue weighted by molar-refractivity contribution is 7.13. The van der Waals surface area contributed by atoms with Crippen LogP contribution in [0.4, 0.5) is 9.18 Å². The van der Waals surface area contributed by atoms with Crippen LogP contribution in [-0.4, -0.2) is 28.5 Å². The summed E-state index contributed by atoms with van der Waals surface area (Å²) in [5, 5.41) is 5.44. The summed E-state index contributed by atoms with van der Waals surface area (Å²) < 4.78 is 26.0. The normalized spacial score (nSPS) is 16.3. The number of pyridine rings is 1. The predicted molar refractivity (Wildman–Crippen MR) is 140 cm³/mol. The van der Waals surface area contributed by atoms with E-state index in [9.17, 15) is 14.0 Å². The van der Waals surface area contributed by atoms with Crippen molar-refractivity contribution in [1.82, 2.24) is 10.3 Å². The van der Waals surface area contributed by atoms with Crippen LogP contribution in [0.5, 0.6) is 0 Å². The summed E-state index contributed by atoms with van der Waals surface area (Å²) in [6.45, 7) is 5.63. The Morgan fingerprint density at radius 1 is 1.24 bits per heavy atom. The van der Waals surface area contributed by atoms with E-state index in [-0.39, 0.29) is 23.3 Å². The predicted octanol–water partition coefficient (Wildman–Crippen LogP) is 5.30. The lowest BCUT2D eigenvalue weighted by Crippen LogP contribution is -2.50. The van der Waals surface area contributed by atoms with Crippen LogP contribution in [0, 0.1) is 12.2 Å². The number of nitrogens with one attached hydrogen (secondary N) is 1. The van der Waals surface area contributed by atoms with Crippen molar-refractivity contribution in [3.05, 3.63) is 113 Å². The standard InChI is InChI=1S/C29H26FN3O4S/c1-29(2,3)37-28(35)33-25(17-38-27(33)19-5-4-12-31-14-19)26(34)23-15-32-24-13-21(10-11-22(23)24)36-16-18-6-8-20(30)9-7-18/h4-15,17,24,32H,16H2,1-3H3. The van der Waals surface area contributed by atoms with Gasteiger partial charge in [-0.05, 0) is 62.5 Å². The molecule has 0 amide bonds. The van der Waals surface area contributed by atoms with Crippen molar-refractivity contribution in [1.29, 1.82) is 0 Å². The third-order valence-corrected chi connectivity index (χ3v) is 6.80. The molecule has 0 fully saturated rings. The first-order chi connectivity index (χ1) is 18.2. The quantitative estimate of drug-likeness (QED) is 0.201. The fourth-order valence-electron chi connectivity index (χ4n) is 4.07. The highest BCUT2D eigenvalue weighted by Gasteiger charge is 2.39. The van der Waals surface area contributed by atoms with Crippen molar-refractivity contribution in [2.45, 2.75) is 39.0 Å². The van der Waals surface area contributed by atoms with Gasteiger partial charge in [-0.1, -0.05) is 24.3 Å². The summed E-state index contributed by atoms with van der Waals surface area (Å²) in [7, 11) is 0. The van der Waals surface area contributed by atoms with Gasteiger partial charge >= 0.3 is 11.1 Å². The number of ketones is 1. The zero-order chi connectivity index (χ0) is 26.9. The van der Waals surface area contributed by atoms with Crippen molar-refractivity contribution in [2.24, 2.45) is 0 Å². The number of hydrogen-bond acceptors (Lipinski definition) is 6. The number of carbonyl (C=O) groups excluding carboxylic acids is 2. The number of benzene rings is 1. The second-order valence-corrected chi connectivity index (χ2v) is 10.6. The van der Waals surface area contributed by atoms with E-state index in [1.165, 1.54) is 28.0 Å². The third-order valence-electron chi connectivity index (χ3n) is 5.82. The minimum Gasteiger partial charge on any atom is -0.515 e. The Hall–Kier alpha value is -4.24. The van der Waals surface area contributed by atoms with Crippen LogP contribution in [0.25, 0.3) is 10.6 Å². The molecule has 1 aromatic carbocycles. The second-order valence-electron chi connectivity index (χ2n) is 9.79. The van der Waals surface area contributed by atoms with Gasteiger partial charge in [0.05, 0.1) is 0 Å². The van der Waals surface area contributed by atoms with Crippen LogP contribution in [0.3, 0.4) is 0 Å². The Morgan fingerprint density at radius 3 is 2.74 bits per heavy atom. The maximum atomic E-state index is 13.8. The molecule has 9 heteroatoms. The first-order valence-electron chi connectivity index (χ1n) is 12.0. The van der Waals surface area contributed by atoms with Gasteiger partial charge in [-0.25, -0.2) is 9.18 Å². The van der Waals surface area contributed by atoms with E-state index in [0.717, 1.165) is 11.1 Å². The van der Waals surface area contributed by atoms with Gasteiger partial charge in [0.15, 0.2) is 0 Å². The summed E-state index contributed by atoms with van der Waals surface area (Å²) >= 11 is 1.28. The topological polar surface area (TPSA) is 81.4 Å². The largest absolute Gasteiger partial charge is 0.550 e. The smallest absolute Gasteiger partial charge is 0.515 e. The van der Waals surface area contributed by atoms with Gasteiger partial charge in [-0.3, -0.25) is 9.78 Å². The molecule has 0 saturated heterocycles. The molecule has 0 radical (unpaired) electrons. The van der Waals surface area contributed by atoms with Crippen molar-refractivity contribution in [3.63, 3.8) is 0 Å². The zero-order valence-corrected chi connectivity index (χ0v) is 21.9. The number of ether oxygens (including phenoxy) is 2. The summed E-state index contributed by atoms with van der Waals surface area (Å²) in [5.74, 6) is 0.0335. The molecule has 7 nitrogen and oxygen atoms in total. The molecule has 194 valence electrons. The Labute approximate surface area is 223 Å². The fourth-order valence-corrected chi connectivity index (χ4v) is 5.04. The van der Waals surface area contributed by atoms with Crippen LogP contribution >= 0.6 is 11.3 Å². The fraction of sp³-hybridized carbons (Fsp3) is 0.207. The van der Waals surface area contributed by atoms with Crippen LogP contribution < -0.4 is 9.88 Å². The van der Waals surface area contributed by atoms with Crippen molar-refractivity contribution in [3.8, 4) is 10.6 Å². The van der Waals surface area contributed by atoms with Crippen LogP contribution in [-0.2, 0) is 16.1 Å². The van der Waals surface area contributed by atoms with Crippen molar-refractivity contribution >= 4 is 23.2 Å². The van der Waals surface area contributed by atoms with Crippen LogP contribution in [0.2, 0.25) is 0 Å². The first kappa shape index (κ1) is 25.4. The Kier molecular flexibility index (Phi) is 6.86. The Bertz CT molecular complexity index is 1470. The van der Waals surface area contributed by atoms with E-state index >= 15 is 0 Å². The molecular weight excluding hydrogens is 505 g/mol. The number of Topliss-reactive ketones (excluding diaryl/α,β-unsaturated/α-hetero) is 1. The molecule has 0 spiro atoms. The Balaban J connectivity index is 1.37. The molecule has 0 bridgehead atoms. The number of thiazole rings is 1. The Morgan fingerprint density at radius 2 is 2.03 bits per heavy atom. The monoisotopic (exact) mass is 531 g/mol. The second kappa shape index (κ2) is 10.3. The van der Waals surface area contributed by atoms with Crippen LogP contribution in [0.15, 0.2) is 89.4 Å². The lowest BCUT2D eigenvalue weighted by atomic mass is 9.93. The summed E-state index contributed by atoms with van der Waals surface area (Å²) in [6, 6.07) is 9.48. The lowest BCUT2D eigenvalue weighted by molar-refractivity contribution is -0.574. The van der Waals surface area contributed by atoms with E-state index in [4.69, 9.17) is 9.47 Å². The van der Waals surface area contributed by atoms with Gasteiger partial charge in [-0.2, -0.15) is 6.08 Å². The molecule has 0 saturated carbocycles. The van der Waals surface area contributed by atoms with Gasteiger partial charge in [0, 0.05) is 17.5 Å². The van der Waals surface area contributed by atoms with Crippen molar-refractivity contribution in [2.75, 3.05) is 0 Å². The molecule has 38 heavy (non-hydrogen) atoms. The van der Waals surface area contributed by atoms with Gasteiger partial charge in [0.25, 0.3) is 0 Å². The number of halogens is 1. The maximum Gasteiger partial charge on any atom is 0.550 e. The van der Waals surface area contributed by atoms with Gasteiger partial charge in [0.1, 0.15) is 18.0 Å². The highest BCUT2D eigenvalue weighted by atomic mass is 32.1. The molecule has 1 aliphatic carbocycles. The number of nitrogens with zero attached hydrogens (tertiary/aromatic N) is 2. The van der Waals surface area contributed by atoms with Gasteiger partial charge < -0.3 is 14.8 Å². The third kappa shape index (κ3) is 5.38.